The molecule has 0 fully saturated rings. The first-order valence-electron chi connectivity index (χ1n) is 10.3. The molecule has 0 saturated heterocycles. The van der Waals surface area contributed by atoms with Crippen LogP contribution in [-0.4, -0.2) is 25.2 Å². The lowest BCUT2D eigenvalue weighted by atomic mass is 10.1. The van der Waals surface area contributed by atoms with Crippen LogP contribution in [0.4, 0.5) is 0 Å². The topological polar surface area (TPSA) is 43.1 Å². The second kappa shape index (κ2) is 7.75. The van der Waals surface area contributed by atoms with Crippen LogP contribution in [0.2, 0.25) is 5.02 Å². The standard InChI is InChI=1S/C25H23ClN4O/c1-17-5-10-23(18(2)13-17)30-25(28-11-3-4-12-28)21-15-29(16-22(21)27-30)24(31)14-19-6-8-20(26)9-7-19/h3-13H,14-16H2,1-2H3. The number of hydrogen-bond acceptors (Lipinski definition) is 2. The third kappa shape index (κ3) is 3.66. The van der Waals surface area contributed by atoms with Crippen LogP contribution in [0, 0.1) is 13.8 Å². The van der Waals surface area contributed by atoms with Crippen molar-refractivity contribution in [3.8, 4) is 11.5 Å². The second-order valence-electron chi connectivity index (χ2n) is 8.09. The number of aryl methyl sites for hydroxylation is 2. The van der Waals surface area contributed by atoms with Gasteiger partial charge in [0.05, 0.1) is 30.9 Å². The Labute approximate surface area is 186 Å². The van der Waals surface area contributed by atoms with Gasteiger partial charge in [0.2, 0.25) is 5.91 Å². The van der Waals surface area contributed by atoms with Crippen LogP contribution in [0.5, 0.6) is 0 Å². The van der Waals surface area contributed by atoms with E-state index in [1.54, 1.807) is 0 Å². The first-order valence-corrected chi connectivity index (χ1v) is 10.7. The van der Waals surface area contributed by atoms with Crippen molar-refractivity contribution in [2.75, 3.05) is 0 Å². The number of nitrogens with zero attached hydrogens (tertiary/aromatic N) is 4. The van der Waals surface area contributed by atoms with E-state index < -0.39 is 0 Å². The molecule has 0 spiro atoms. The van der Waals surface area contributed by atoms with Gasteiger partial charge in [-0.1, -0.05) is 41.4 Å². The molecule has 31 heavy (non-hydrogen) atoms. The van der Waals surface area contributed by atoms with Crippen molar-refractivity contribution in [1.29, 1.82) is 0 Å². The lowest BCUT2D eigenvalue weighted by molar-refractivity contribution is -0.131. The Morgan fingerprint density at radius 2 is 1.77 bits per heavy atom. The van der Waals surface area contributed by atoms with E-state index in [2.05, 4.69) is 36.6 Å². The molecule has 0 unspecified atom stereocenters. The minimum absolute atomic E-state index is 0.0943. The van der Waals surface area contributed by atoms with Crippen molar-refractivity contribution in [2.24, 2.45) is 0 Å². The molecule has 3 heterocycles. The maximum Gasteiger partial charge on any atom is 0.227 e. The molecule has 0 radical (unpaired) electrons. The number of carbonyl (C=O) groups is 1. The number of benzene rings is 2. The molecule has 0 aliphatic carbocycles. The molecule has 0 saturated carbocycles. The molecule has 1 amide bonds. The van der Waals surface area contributed by atoms with E-state index in [9.17, 15) is 4.79 Å². The largest absolute Gasteiger partial charge is 0.332 e. The van der Waals surface area contributed by atoms with Crippen molar-refractivity contribution >= 4 is 17.5 Å². The van der Waals surface area contributed by atoms with E-state index in [-0.39, 0.29) is 5.91 Å². The lowest BCUT2D eigenvalue weighted by Crippen LogP contribution is -2.28. The number of hydrogen-bond donors (Lipinski definition) is 0. The first-order chi connectivity index (χ1) is 15.0. The van der Waals surface area contributed by atoms with Crippen molar-refractivity contribution in [2.45, 2.75) is 33.4 Å². The molecule has 5 rings (SSSR count). The van der Waals surface area contributed by atoms with Crippen LogP contribution in [0.15, 0.2) is 67.0 Å². The normalized spacial score (nSPS) is 12.9. The quantitative estimate of drug-likeness (QED) is 0.456. The first kappa shape index (κ1) is 19.6. The lowest BCUT2D eigenvalue weighted by Gasteiger charge is -2.18. The van der Waals surface area contributed by atoms with E-state index in [0.717, 1.165) is 28.3 Å². The van der Waals surface area contributed by atoms with Crippen molar-refractivity contribution in [3.05, 3.63) is 100.0 Å². The number of aromatic nitrogens is 3. The Morgan fingerprint density at radius 3 is 2.48 bits per heavy atom. The molecule has 4 aromatic rings. The van der Waals surface area contributed by atoms with Crippen LogP contribution in [0.3, 0.4) is 0 Å². The fourth-order valence-electron chi connectivity index (χ4n) is 4.22. The summed E-state index contributed by atoms with van der Waals surface area (Å²) in [4.78, 5) is 14.8. The summed E-state index contributed by atoms with van der Waals surface area (Å²) in [6.07, 6.45) is 4.41. The molecule has 1 aliphatic rings. The van der Waals surface area contributed by atoms with Gasteiger partial charge in [-0.15, -0.1) is 0 Å². The molecule has 5 nitrogen and oxygen atoms in total. The molecular weight excluding hydrogens is 408 g/mol. The highest BCUT2D eigenvalue weighted by Crippen LogP contribution is 2.32. The van der Waals surface area contributed by atoms with E-state index in [4.69, 9.17) is 16.7 Å². The summed E-state index contributed by atoms with van der Waals surface area (Å²) in [5, 5.41) is 5.62. The third-order valence-corrected chi connectivity index (χ3v) is 6.03. The molecule has 1 aliphatic heterocycles. The molecule has 6 heteroatoms. The molecule has 0 N–H and O–H groups in total. The fraction of sp³-hybridized carbons (Fsp3) is 0.200. The van der Waals surface area contributed by atoms with Gasteiger partial charge in [0.25, 0.3) is 0 Å². The number of fused-ring (bicyclic) bond motifs is 1. The summed E-state index contributed by atoms with van der Waals surface area (Å²) in [7, 11) is 0. The van der Waals surface area contributed by atoms with Crippen LogP contribution >= 0.6 is 11.6 Å². The molecule has 2 aromatic carbocycles. The van der Waals surface area contributed by atoms with E-state index in [1.165, 1.54) is 11.1 Å². The van der Waals surface area contributed by atoms with E-state index in [0.29, 0.717) is 24.5 Å². The zero-order valence-corrected chi connectivity index (χ0v) is 18.3. The summed E-state index contributed by atoms with van der Waals surface area (Å²) in [5.74, 6) is 1.09. The third-order valence-electron chi connectivity index (χ3n) is 5.78. The maximum absolute atomic E-state index is 13.0. The van der Waals surface area contributed by atoms with Crippen molar-refractivity contribution in [1.82, 2.24) is 19.2 Å². The Morgan fingerprint density at radius 1 is 1.03 bits per heavy atom. The van der Waals surface area contributed by atoms with Crippen LogP contribution < -0.4 is 0 Å². The van der Waals surface area contributed by atoms with E-state index >= 15 is 0 Å². The minimum atomic E-state index is 0.0943. The molecule has 2 aromatic heterocycles. The molecule has 0 bridgehead atoms. The number of amides is 1. The van der Waals surface area contributed by atoms with Gasteiger partial charge in [-0.2, -0.15) is 5.10 Å². The second-order valence-corrected chi connectivity index (χ2v) is 8.53. The summed E-state index contributed by atoms with van der Waals surface area (Å²) in [6, 6.07) is 17.8. The smallest absolute Gasteiger partial charge is 0.227 e. The van der Waals surface area contributed by atoms with Gasteiger partial charge in [0.1, 0.15) is 5.82 Å². The summed E-state index contributed by atoms with van der Waals surface area (Å²) >= 11 is 5.96. The SMILES string of the molecule is Cc1ccc(-n2nc3c(c2-n2cccc2)CN(C(=O)Cc2ccc(Cl)cc2)C3)c(C)c1. The van der Waals surface area contributed by atoms with Gasteiger partial charge in [0, 0.05) is 23.0 Å². The minimum Gasteiger partial charge on any atom is -0.332 e. The Balaban J connectivity index is 1.48. The summed E-state index contributed by atoms with van der Waals surface area (Å²) in [5.41, 5.74) is 6.47. The van der Waals surface area contributed by atoms with Gasteiger partial charge in [-0.25, -0.2) is 4.68 Å². The molecule has 156 valence electrons. The van der Waals surface area contributed by atoms with Crippen LogP contribution in [0.1, 0.15) is 27.9 Å². The summed E-state index contributed by atoms with van der Waals surface area (Å²) < 4.78 is 4.10. The predicted octanol–water partition coefficient (Wildman–Crippen LogP) is 5.02. The zero-order chi connectivity index (χ0) is 21.5. The highest BCUT2D eigenvalue weighted by molar-refractivity contribution is 6.30. The Hall–Kier alpha value is -3.31. The average molecular weight is 431 g/mol. The van der Waals surface area contributed by atoms with Crippen LogP contribution in [0.25, 0.3) is 11.5 Å². The Kier molecular flexibility index (Phi) is 4.91. The monoisotopic (exact) mass is 430 g/mol. The van der Waals surface area contributed by atoms with Gasteiger partial charge < -0.3 is 9.47 Å². The molecule has 0 atom stereocenters. The van der Waals surface area contributed by atoms with Crippen molar-refractivity contribution < 1.29 is 4.79 Å². The highest BCUT2D eigenvalue weighted by Gasteiger charge is 2.31. The predicted molar refractivity (Wildman–Crippen MR) is 122 cm³/mol. The van der Waals surface area contributed by atoms with E-state index in [1.807, 2.05) is 58.4 Å². The number of rotatable bonds is 4. The fourth-order valence-corrected chi connectivity index (χ4v) is 4.34. The van der Waals surface area contributed by atoms with Gasteiger partial charge in [0.15, 0.2) is 0 Å². The highest BCUT2D eigenvalue weighted by atomic mass is 35.5. The molecular formula is C25H23ClN4O. The summed E-state index contributed by atoms with van der Waals surface area (Å²) in [6.45, 7) is 5.28. The van der Waals surface area contributed by atoms with Gasteiger partial charge in [-0.3, -0.25) is 4.79 Å². The Bertz CT molecular complexity index is 1260. The maximum atomic E-state index is 13.0. The number of carbonyl (C=O) groups excluding carboxylic acids is 1. The van der Waals surface area contributed by atoms with Gasteiger partial charge >= 0.3 is 0 Å². The number of halogens is 1. The average Bonchev–Trinajstić information content (AvgIpc) is 3.45. The van der Waals surface area contributed by atoms with Gasteiger partial charge in [-0.05, 0) is 55.3 Å². The van der Waals surface area contributed by atoms with Crippen molar-refractivity contribution in [3.63, 3.8) is 0 Å². The zero-order valence-electron chi connectivity index (χ0n) is 17.5. The van der Waals surface area contributed by atoms with Crippen LogP contribution in [-0.2, 0) is 24.3 Å².